The molecule has 0 radical (unpaired) electrons. The lowest BCUT2D eigenvalue weighted by molar-refractivity contribution is 0.457. The van der Waals surface area contributed by atoms with Crippen molar-refractivity contribution in [2.45, 2.75) is 33.1 Å². The Labute approximate surface area is 106 Å². The van der Waals surface area contributed by atoms with Crippen LogP contribution in [-0.2, 0) is 0 Å². The molecule has 1 saturated carbocycles. The van der Waals surface area contributed by atoms with Gasteiger partial charge in [0.05, 0.1) is 9.71 Å². The molecule has 0 aromatic carbocycles. The molecule has 0 nitrogen and oxygen atoms in total. The molecule has 0 bridgehead atoms. The van der Waals surface area contributed by atoms with Crippen molar-refractivity contribution in [2.75, 3.05) is 0 Å². The van der Waals surface area contributed by atoms with E-state index in [-0.39, 0.29) is 5.38 Å². The molecule has 1 unspecified atom stereocenters. The Balaban J connectivity index is 2.21. The Morgan fingerprint density at radius 1 is 1.20 bits per heavy atom. The van der Waals surface area contributed by atoms with Gasteiger partial charge in [0.1, 0.15) is 0 Å². The molecule has 0 saturated heterocycles. The first-order valence-corrected chi connectivity index (χ1v) is 6.81. The molecule has 1 heterocycles. The molecule has 15 heavy (non-hydrogen) atoms. The summed E-state index contributed by atoms with van der Waals surface area (Å²) >= 11 is 14.1. The Kier molecular flexibility index (Phi) is 2.65. The zero-order valence-electron chi connectivity index (χ0n) is 9.47. The first kappa shape index (κ1) is 11.8. The molecule has 1 fully saturated rings. The topological polar surface area (TPSA) is 0 Å². The highest BCUT2D eigenvalue weighted by atomic mass is 35.5. The van der Waals surface area contributed by atoms with E-state index in [2.05, 4.69) is 33.8 Å². The van der Waals surface area contributed by atoms with Crippen LogP contribution in [0.25, 0.3) is 0 Å². The van der Waals surface area contributed by atoms with Crippen LogP contribution in [0.2, 0.25) is 4.34 Å². The van der Waals surface area contributed by atoms with E-state index >= 15 is 0 Å². The van der Waals surface area contributed by atoms with Gasteiger partial charge < -0.3 is 0 Å². The molecule has 1 aromatic heterocycles. The summed E-state index contributed by atoms with van der Waals surface area (Å²) in [5.41, 5.74) is 0.658. The molecular formula is C12H16Cl2S. The molecule has 1 aliphatic rings. The third-order valence-corrected chi connectivity index (χ3v) is 6.22. The number of thiophene rings is 1. The highest BCUT2D eigenvalue weighted by Gasteiger charge is 2.67. The molecule has 0 amide bonds. The fourth-order valence-corrected chi connectivity index (χ4v) is 4.53. The van der Waals surface area contributed by atoms with E-state index in [1.165, 1.54) is 4.88 Å². The highest BCUT2D eigenvalue weighted by Crippen LogP contribution is 2.73. The summed E-state index contributed by atoms with van der Waals surface area (Å²) in [4.78, 5) is 1.20. The van der Waals surface area contributed by atoms with E-state index in [1.54, 1.807) is 11.3 Å². The molecule has 1 aliphatic carbocycles. The van der Waals surface area contributed by atoms with Crippen LogP contribution in [-0.4, -0.2) is 0 Å². The fraction of sp³-hybridized carbons (Fsp3) is 0.667. The maximum atomic E-state index is 6.54. The predicted octanol–water partition coefficient (Wildman–Crippen LogP) is 5.36. The van der Waals surface area contributed by atoms with E-state index in [0.717, 1.165) is 4.34 Å². The van der Waals surface area contributed by atoms with Crippen molar-refractivity contribution < 1.29 is 0 Å². The van der Waals surface area contributed by atoms with Crippen molar-refractivity contribution in [2.24, 2.45) is 16.7 Å². The molecule has 0 spiro atoms. The van der Waals surface area contributed by atoms with Crippen molar-refractivity contribution in [3.05, 3.63) is 21.3 Å². The normalized spacial score (nSPS) is 25.2. The summed E-state index contributed by atoms with van der Waals surface area (Å²) in [7, 11) is 0. The van der Waals surface area contributed by atoms with Gasteiger partial charge >= 0.3 is 0 Å². The van der Waals surface area contributed by atoms with Gasteiger partial charge in [0.2, 0.25) is 0 Å². The smallest absolute Gasteiger partial charge is 0.0931 e. The van der Waals surface area contributed by atoms with Crippen molar-refractivity contribution in [3.63, 3.8) is 0 Å². The van der Waals surface area contributed by atoms with Gasteiger partial charge in [-0.25, -0.2) is 0 Å². The second kappa shape index (κ2) is 3.38. The molecule has 1 atom stereocenters. The molecule has 3 heteroatoms. The van der Waals surface area contributed by atoms with Gasteiger partial charge in [-0.1, -0.05) is 39.3 Å². The number of hydrogen-bond donors (Lipinski definition) is 0. The standard InChI is InChI=1S/C12H16Cl2S/c1-11(2)10(12(11,3)4)9(14)7-5-6-8(13)15-7/h5-6,9-10H,1-4H3. The van der Waals surface area contributed by atoms with Crippen molar-refractivity contribution in [3.8, 4) is 0 Å². The minimum atomic E-state index is 0.104. The summed E-state index contributed by atoms with van der Waals surface area (Å²) in [6.07, 6.45) is 0. The van der Waals surface area contributed by atoms with Crippen LogP contribution in [0, 0.1) is 16.7 Å². The molecule has 0 aliphatic heterocycles. The maximum absolute atomic E-state index is 6.54. The first-order valence-electron chi connectivity index (χ1n) is 5.18. The van der Waals surface area contributed by atoms with Crippen molar-refractivity contribution in [1.82, 2.24) is 0 Å². The third kappa shape index (κ3) is 1.64. The molecule has 2 rings (SSSR count). The Morgan fingerprint density at radius 2 is 1.73 bits per heavy atom. The van der Waals surface area contributed by atoms with Gasteiger partial charge in [0.15, 0.2) is 0 Å². The van der Waals surface area contributed by atoms with Gasteiger partial charge in [0.25, 0.3) is 0 Å². The summed E-state index contributed by atoms with van der Waals surface area (Å²) in [6.45, 7) is 9.18. The van der Waals surface area contributed by atoms with Crippen LogP contribution < -0.4 is 0 Å². The van der Waals surface area contributed by atoms with Gasteiger partial charge in [-0.3, -0.25) is 0 Å². The average molecular weight is 263 g/mol. The molecule has 84 valence electrons. The molecule has 0 N–H and O–H groups in total. The van der Waals surface area contributed by atoms with E-state index < -0.39 is 0 Å². The predicted molar refractivity (Wildman–Crippen MR) is 69.0 cm³/mol. The van der Waals surface area contributed by atoms with Crippen LogP contribution >= 0.6 is 34.5 Å². The maximum Gasteiger partial charge on any atom is 0.0931 e. The molecule has 1 aromatic rings. The van der Waals surface area contributed by atoms with Crippen molar-refractivity contribution in [1.29, 1.82) is 0 Å². The second-order valence-electron chi connectivity index (χ2n) is 5.46. The Hall–Kier alpha value is 0.280. The average Bonchev–Trinajstić information content (AvgIpc) is 2.49. The van der Waals surface area contributed by atoms with Crippen LogP contribution in [0.5, 0.6) is 0 Å². The van der Waals surface area contributed by atoms with Crippen LogP contribution in [0.3, 0.4) is 0 Å². The lowest BCUT2D eigenvalue weighted by Crippen LogP contribution is -1.96. The SMILES string of the molecule is CC1(C)C(C(Cl)c2ccc(Cl)s2)C1(C)C. The van der Waals surface area contributed by atoms with Crippen LogP contribution in [0.4, 0.5) is 0 Å². The van der Waals surface area contributed by atoms with Crippen molar-refractivity contribution >= 4 is 34.5 Å². The Bertz CT molecular complexity index is 365. The lowest BCUT2D eigenvalue weighted by atomic mass is 10.0. The van der Waals surface area contributed by atoms with Gasteiger partial charge in [-0.2, -0.15) is 0 Å². The van der Waals surface area contributed by atoms with E-state index in [4.69, 9.17) is 23.2 Å². The van der Waals surface area contributed by atoms with E-state index in [9.17, 15) is 0 Å². The largest absolute Gasteiger partial charge is 0.127 e. The number of rotatable bonds is 2. The minimum Gasteiger partial charge on any atom is -0.127 e. The number of alkyl halides is 1. The fourth-order valence-electron chi connectivity index (χ4n) is 2.62. The highest BCUT2D eigenvalue weighted by molar-refractivity contribution is 7.16. The van der Waals surface area contributed by atoms with E-state index in [0.29, 0.717) is 16.7 Å². The summed E-state index contributed by atoms with van der Waals surface area (Å²) in [5.74, 6) is 0.543. The van der Waals surface area contributed by atoms with Gasteiger partial charge in [-0.15, -0.1) is 22.9 Å². The second-order valence-corrected chi connectivity index (χ2v) is 7.68. The molecular weight excluding hydrogens is 247 g/mol. The quantitative estimate of drug-likeness (QED) is 0.630. The van der Waals surface area contributed by atoms with Crippen LogP contribution in [0.1, 0.15) is 37.9 Å². The lowest BCUT2D eigenvalue weighted by Gasteiger charge is -2.08. The summed E-state index contributed by atoms with van der Waals surface area (Å²) in [5, 5.41) is 0.104. The van der Waals surface area contributed by atoms with Gasteiger partial charge in [0, 0.05) is 4.88 Å². The monoisotopic (exact) mass is 262 g/mol. The summed E-state index contributed by atoms with van der Waals surface area (Å²) < 4.78 is 0.826. The van der Waals surface area contributed by atoms with Gasteiger partial charge in [-0.05, 0) is 28.9 Å². The minimum absolute atomic E-state index is 0.104. The summed E-state index contributed by atoms with van der Waals surface area (Å²) in [6, 6.07) is 3.98. The Morgan fingerprint density at radius 3 is 2.07 bits per heavy atom. The third-order valence-electron chi connectivity index (χ3n) is 4.29. The number of halogens is 2. The van der Waals surface area contributed by atoms with E-state index in [1.807, 2.05) is 6.07 Å². The van der Waals surface area contributed by atoms with Crippen LogP contribution in [0.15, 0.2) is 12.1 Å². The zero-order chi connectivity index (χ0) is 11.4. The first-order chi connectivity index (χ1) is 6.78. The number of hydrogen-bond acceptors (Lipinski definition) is 1. The zero-order valence-corrected chi connectivity index (χ0v) is 11.8.